The minimum atomic E-state index is -1.01. The van der Waals surface area contributed by atoms with E-state index in [1.807, 2.05) is 13.8 Å². The molecule has 0 radical (unpaired) electrons. The first-order valence-electron chi connectivity index (χ1n) is 5.84. The summed E-state index contributed by atoms with van der Waals surface area (Å²) in [6, 6.07) is 0.154. The van der Waals surface area contributed by atoms with Gasteiger partial charge in [0, 0.05) is 12.2 Å². The molecule has 1 fully saturated rings. The van der Waals surface area contributed by atoms with Crippen LogP contribution < -0.4 is 5.69 Å². The first kappa shape index (κ1) is 11.8. The van der Waals surface area contributed by atoms with Crippen LogP contribution in [0.3, 0.4) is 0 Å². The molecule has 0 aliphatic heterocycles. The molecule has 1 N–H and O–H groups in total. The van der Waals surface area contributed by atoms with E-state index in [9.17, 15) is 9.59 Å². The van der Waals surface area contributed by atoms with E-state index in [0.717, 1.165) is 12.8 Å². The summed E-state index contributed by atoms with van der Waals surface area (Å²) in [6.45, 7) is 3.94. The van der Waals surface area contributed by atoms with E-state index in [2.05, 4.69) is 4.98 Å². The van der Waals surface area contributed by atoms with E-state index in [1.165, 1.54) is 10.8 Å². The van der Waals surface area contributed by atoms with Crippen molar-refractivity contribution in [1.82, 2.24) is 9.55 Å². The van der Waals surface area contributed by atoms with Crippen LogP contribution in [0.1, 0.15) is 48.8 Å². The van der Waals surface area contributed by atoms with Crippen LogP contribution in [0.15, 0.2) is 11.0 Å². The van der Waals surface area contributed by atoms with Crippen LogP contribution in [0.2, 0.25) is 0 Å². The van der Waals surface area contributed by atoms with Crippen LogP contribution in [0.4, 0.5) is 0 Å². The van der Waals surface area contributed by atoms with E-state index < -0.39 is 5.97 Å². The molecule has 0 saturated heterocycles. The summed E-state index contributed by atoms with van der Waals surface area (Å²) >= 11 is 0. The van der Waals surface area contributed by atoms with Crippen LogP contribution in [0, 0.1) is 5.92 Å². The predicted octanol–water partition coefficient (Wildman–Crippen LogP) is 1.47. The number of aromatic nitrogens is 2. The Morgan fingerprint density at radius 3 is 2.71 bits per heavy atom. The molecule has 0 amide bonds. The van der Waals surface area contributed by atoms with Gasteiger partial charge in [0.2, 0.25) is 0 Å². The molecular weight excluding hydrogens is 220 g/mol. The molecule has 1 heterocycles. The molecule has 5 heteroatoms. The summed E-state index contributed by atoms with van der Waals surface area (Å²) in [6.07, 6.45) is 3.84. The van der Waals surface area contributed by atoms with Gasteiger partial charge in [0.1, 0.15) is 0 Å². The van der Waals surface area contributed by atoms with Gasteiger partial charge >= 0.3 is 11.7 Å². The highest BCUT2D eigenvalue weighted by Crippen LogP contribution is 2.33. The van der Waals surface area contributed by atoms with Crippen molar-refractivity contribution in [3.8, 4) is 0 Å². The highest BCUT2D eigenvalue weighted by molar-refractivity contribution is 5.88. The normalized spacial score (nSPS) is 15.2. The predicted molar refractivity (Wildman–Crippen MR) is 62.3 cm³/mol. The van der Waals surface area contributed by atoms with E-state index >= 15 is 0 Å². The minimum absolute atomic E-state index is 0.154. The Balaban J connectivity index is 2.47. The molecule has 0 unspecified atom stereocenters. The first-order chi connectivity index (χ1) is 7.99. The molecule has 0 spiro atoms. The molecule has 5 nitrogen and oxygen atoms in total. The number of carboxylic acid groups (broad SMARTS) is 1. The second-order valence-corrected chi connectivity index (χ2v) is 4.93. The molecule has 92 valence electrons. The van der Waals surface area contributed by atoms with E-state index in [-0.39, 0.29) is 23.2 Å². The SMILES string of the molecule is CC(C)Cc1nc(=O)n(C2CC2)cc1C(=O)O. The van der Waals surface area contributed by atoms with Crippen molar-refractivity contribution in [3.05, 3.63) is 27.9 Å². The topological polar surface area (TPSA) is 72.2 Å². The van der Waals surface area contributed by atoms with Crippen LogP contribution in [-0.2, 0) is 6.42 Å². The number of hydrogen-bond acceptors (Lipinski definition) is 3. The molecule has 0 aromatic carbocycles. The van der Waals surface area contributed by atoms with Crippen LogP contribution in [0.5, 0.6) is 0 Å². The Morgan fingerprint density at radius 1 is 1.59 bits per heavy atom. The standard InChI is InChI=1S/C12H16N2O3/c1-7(2)5-10-9(11(15)16)6-14(8-3-4-8)12(17)13-10/h6-8H,3-5H2,1-2H3,(H,15,16). The number of aromatic carboxylic acids is 1. The molecule has 17 heavy (non-hydrogen) atoms. The van der Waals surface area contributed by atoms with E-state index in [1.54, 1.807) is 0 Å². The minimum Gasteiger partial charge on any atom is -0.478 e. The van der Waals surface area contributed by atoms with Gasteiger partial charge in [0.05, 0.1) is 11.3 Å². The molecule has 2 rings (SSSR count). The summed E-state index contributed by atoms with van der Waals surface area (Å²) in [5, 5.41) is 9.14. The van der Waals surface area contributed by atoms with Gasteiger partial charge in [-0.25, -0.2) is 9.59 Å². The number of rotatable bonds is 4. The third-order valence-electron chi connectivity index (χ3n) is 2.80. The summed E-state index contributed by atoms with van der Waals surface area (Å²) in [4.78, 5) is 26.8. The Hall–Kier alpha value is -1.65. The van der Waals surface area contributed by atoms with Gasteiger partial charge in [-0.15, -0.1) is 0 Å². The van der Waals surface area contributed by atoms with Crippen molar-refractivity contribution in [2.75, 3.05) is 0 Å². The second-order valence-electron chi connectivity index (χ2n) is 4.93. The summed E-state index contributed by atoms with van der Waals surface area (Å²) in [5.74, 6) is -0.737. The van der Waals surface area contributed by atoms with Gasteiger partial charge in [0.25, 0.3) is 0 Å². The van der Waals surface area contributed by atoms with Crippen molar-refractivity contribution in [2.45, 2.75) is 39.2 Å². The van der Waals surface area contributed by atoms with Gasteiger partial charge in [-0.05, 0) is 25.2 Å². The third kappa shape index (κ3) is 2.54. The molecule has 1 aliphatic carbocycles. The van der Waals surface area contributed by atoms with Crippen molar-refractivity contribution >= 4 is 5.97 Å². The molecular formula is C12H16N2O3. The molecule has 1 saturated carbocycles. The Kier molecular flexibility index (Phi) is 3.00. The van der Waals surface area contributed by atoms with Crippen LogP contribution in [0.25, 0.3) is 0 Å². The fourth-order valence-electron chi connectivity index (χ4n) is 1.84. The Labute approximate surface area is 99.1 Å². The smallest absolute Gasteiger partial charge is 0.348 e. The lowest BCUT2D eigenvalue weighted by molar-refractivity contribution is 0.0693. The van der Waals surface area contributed by atoms with Crippen LogP contribution >= 0.6 is 0 Å². The number of carbonyl (C=O) groups is 1. The number of nitrogens with zero attached hydrogens (tertiary/aromatic N) is 2. The molecule has 1 aromatic heterocycles. The van der Waals surface area contributed by atoms with Gasteiger partial charge in [-0.3, -0.25) is 4.57 Å². The molecule has 1 aromatic rings. The maximum Gasteiger partial charge on any atom is 0.348 e. The summed E-state index contributed by atoms with van der Waals surface area (Å²) in [5.41, 5.74) is 0.229. The van der Waals surface area contributed by atoms with E-state index in [4.69, 9.17) is 5.11 Å². The lowest BCUT2D eigenvalue weighted by atomic mass is 10.0. The average molecular weight is 236 g/mol. The summed E-state index contributed by atoms with van der Waals surface area (Å²) < 4.78 is 1.45. The highest BCUT2D eigenvalue weighted by Gasteiger charge is 2.27. The van der Waals surface area contributed by atoms with Crippen molar-refractivity contribution in [2.24, 2.45) is 5.92 Å². The zero-order valence-electron chi connectivity index (χ0n) is 10.0. The van der Waals surface area contributed by atoms with Crippen molar-refractivity contribution in [3.63, 3.8) is 0 Å². The quantitative estimate of drug-likeness (QED) is 0.859. The number of hydrogen-bond donors (Lipinski definition) is 1. The van der Waals surface area contributed by atoms with Gasteiger partial charge in [-0.2, -0.15) is 4.98 Å². The average Bonchev–Trinajstić information content (AvgIpc) is 2.99. The fraction of sp³-hybridized carbons (Fsp3) is 0.583. The maximum atomic E-state index is 11.7. The Bertz CT molecular complexity index is 501. The fourth-order valence-corrected chi connectivity index (χ4v) is 1.84. The van der Waals surface area contributed by atoms with Crippen LogP contribution in [-0.4, -0.2) is 20.6 Å². The summed E-state index contributed by atoms with van der Waals surface area (Å²) in [7, 11) is 0. The maximum absolute atomic E-state index is 11.7. The zero-order valence-corrected chi connectivity index (χ0v) is 10.0. The van der Waals surface area contributed by atoms with Gasteiger partial charge < -0.3 is 5.11 Å². The molecule has 1 aliphatic rings. The Morgan fingerprint density at radius 2 is 2.24 bits per heavy atom. The lowest BCUT2D eigenvalue weighted by Gasteiger charge is -2.10. The third-order valence-corrected chi connectivity index (χ3v) is 2.80. The largest absolute Gasteiger partial charge is 0.478 e. The molecule has 0 bridgehead atoms. The van der Waals surface area contributed by atoms with Gasteiger partial charge in [-0.1, -0.05) is 13.8 Å². The lowest BCUT2D eigenvalue weighted by Crippen LogP contribution is -2.26. The highest BCUT2D eigenvalue weighted by atomic mass is 16.4. The van der Waals surface area contributed by atoms with Gasteiger partial charge in [0.15, 0.2) is 0 Å². The van der Waals surface area contributed by atoms with Crippen molar-refractivity contribution < 1.29 is 9.90 Å². The first-order valence-corrected chi connectivity index (χ1v) is 5.84. The monoisotopic (exact) mass is 236 g/mol. The zero-order chi connectivity index (χ0) is 12.6. The van der Waals surface area contributed by atoms with Crippen molar-refractivity contribution in [1.29, 1.82) is 0 Å². The van der Waals surface area contributed by atoms with E-state index in [0.29, 0.717) is 12.1 Å². The molecule has 0 atom stereocenters. The number of carboxylic acids is 1. The second kappa shape index (κ2) is 4.31.